The molecule has 2 saturated carbocycles. The van der Waals surface area contributed by atoms with Crippen LogP contribution in [0.2, 0.25) is 0 Å². The minimum Gasteiger partial charge on any atom is -0.381 e. The minimum absolute atomic E-state index is 0. The van der Waals surface area contributed by atoms with E-state index >= 15 is 0 Å². The Hall–Kier alpha value is -0.620. The maximum Gasteiger partial charge on any atom is 0.252 e. The predicted molar refractivity (Wildman–Crippen MR) is 94.7 cm³/mol. The minimum atomic E-state index is 0. The first-order valence-electron chi connectivity index (χ1n) is 8.50. The summed E-state index contributed by atoms with van der Waals surface area (Å²) < 4.78 is 5.33. The van der Waals surface area contributed by atoms with Gasteiger partial charge in [0.1, 0.15) is 0 Å². The molecular weight excluding hydrogens is 332 g/mol. The maximum atomic E-state index is 12.3. The van der Waals surface area contributed by atoms with Gasteiger partial charge in [-0.25, -0.2) is 0 Å². The Bertz CT molecular complexity index is 540. The molecule has 2 aliphatic carbocycles. The van der Waals surface area contributed by atoms with Crippen molar-refractivity contribution in [2.24, 2.45) is 5.92 Å². The lowest BCUT2D eigenvalue weighted by Gasteiger charge is -2.22. The van der Waals surface area contributed by atoms with Crippen molar-refractivity contribution in [3.63, 3.8) is 0 Å². The number of rotatable bonds is 6. The average molecular weight is 357 g/mol. The number of halogens is 1. The van der Waals surface area contributed by atoms with Crippen molar-refractivity contribution in [3.05, 3.63) is 21.9 Å². The van der Waals surface area contributed by atoms with Gasteiger partial charge in [0.2, 0.25) is 0 Å². The zero-order valence-corrected chi connectivity index (χ0v) is 14.9. The molecular formula is C17H25ClN2O2S. The monoisotopic (exact) mass is 356 g/mol. The summed E-state index contributed by atoms with van der Waals surface area (Å²) >= 11 is 1.74. The molecule has 1 aromatic rings. The summed E-state index contributed by atoms with van der Waals surface area (Å²) in [6.45, 7) is 2.70. The fourth-order valence-electron chi connectivity index (χ4n) is 3.15. The number of amides is 1. The van der Waals surface area contributed by atoms with Gasteiger partial charge in [0.25, 0.3) is 5.91 Å². The smallest absolute Gasteiger partial charge is 0.252 e. The summed E-state index contributed by atoms with van der Waals surface area (Å²) in [6.07, 6.45) is 5.89. The molecule has 1 aliphatic heterocycles. The van der Waals surface area contributed by atoms with Crippen molar-refractivity contribution in [2.75, 3.05) is 19.8 Å². The van der Waals surface area contributed by atoms with Crippen LogP contribution in [0.3, 0.4) is 0 Å². The van der Waals surface area contributed by atoms with Gasteiger partial charge in [-0.2, -0.15) is 0 Å². The Morgan fingerprint density at radius 2 is 2.04 bits per heavy atom. The summed E-state index contributed by atoms with van der Waals surface area (Å²) in [4.78, 5) is 13.7. The second kappa shape index (κ2) is 7.51. The molecule has 2 N–H and O–H groups in total. The van der Waals surface area contributed by atoms with Crippen molar-refractivity contribution in [2.45, 2.75) is 50.1 Å². The van der Waals surface area contributed by atoms with Crippen molar-refractivity contribution in [1.82, 2.24) is 10.6 Å². The molecule has 3 aliphatic rings. The van der Waals surface area contributed by atoms with Crippen molar-refractivity contribution in [3.8, 4) is 0 Å². The number of thiophene rings is 1. The van der Waals surface area contributed by atoms with Crippen LogP contribution in [0.1, 0.15) is 53.3 Å². The van der Waals surface area contributed by atoms with Crippen molar-refractivity contribution >= 4 is 29.7 Å². The first-order valence-corrected chi connectivity index (χ1v) is 9.38. The number of carbonyl (C=O) groups is 1. The van der Waals surface area contributed by atoms with Crippen LogP contribution >= 0.6 is 23.7 Å². The van der Waals surface area contributed by atoms with Crippen LogP contribution in [0.25, 0.3) is 0 Å². The highest BCUT2D eigenvalue weighted by atomic mass is 35.5. The Morgan fingerprint density at radius 1 is 1.26 bits per heavy atom. The lowest BCUT2D eigenvalue weighted by Crippen LogP contribution is -2.38. The van der Waals surface area contributed by atoms with Gasteiger partial charge in [0, 0.05) is 41.5 Å². The molecule has 2 heterocycles. The molecule has 2 atom stereocenters. The van der Waals surface area contributed by atoms with E-state index in [1.807, 2.05) is 5.38 Å². The molecule has 1 saturated heterocycles. The lowest BCUT2D eigenvalue weighted by atomic mass is 10.1. The number of ether oxygens (including phenoxy) is 1. The molecule has 0 aromatic carbocycles. The maximum absolute atomic E-state index is 12.3. The molecule has 1 unspecified atom stereocenters. The highest BCUT2D eigenvalue weighted by molar-refractivity contribution is 7.10. The van der Waals surface area contributed by atoms with E-state index in [1.165, 1.54) is 30.7 Å². The average Bonchev–Trinajstić information content (AvgIpc) is 3.45. The van der Waals surface area contributed by atoms with Gasteiger partial charge in [0.15, 0.2) is 0 Å². The quantitative estimate of drug-likeness (QED) is 0.824. The van der Waals surface area contributed by atoms with E-state index in [9.17, 15) is 4.79 Å². The first-order chi connectivity index (χ1) is 10.8. The van der Waals surface area contributed by atoms with Gasteiger partial charge in [-0.05, 0) is 50.6 Å². The summed E-state index contributed by atoms with van der Waals surface area (Å²) in [7, 11) is 0. The largest absolute Gasteiger partial charge is 0.381 e. The SMILES string of the molecule is Cl.O=C(NC1CCOCC1)c1csc(C2C[C@H]2NCC2CC2)c1. The van der Waals surface area contributed by atoms with Gasteiger partial charge in [-0.15, -0.1) is 23.7 Å². The third-order valence-corrected chi connectivity index (χ3v) is 6.02. The molecule has 0 radical (unpaired) electrons. The summed E-state index contributed by atoms with van der Waals surface area (Å²) in [6, 6.07) is 3.02. The Kier molecular flexibility index (Phi) is 5.62. The fraction of sp³-hybridized carbons (Fsp3) is 0.706. The standard InChI is InChI=1S/C17H24N2O2S.ClH/c20-17(19-13-3-5-21-6-4-13)12-7-16(22-10-12)14-8-15(14)18-9-11-1-2-11;/h7,10-11,13-15,18H,1-6,8-9H2,(H,19,20);1H/t14?,15-;/m1./s1. The highest BCUT2D eigenvalue weighted by Crippen LogP contribution is 2.44. The fourth-order valence-corrected chi connectivity index (χ4v) is 4.22. The molecule has 0 spiro atoms. The van der Waals surface area contributed by atoms with Crippen LogP contribution in [0, 0.1) is 5.92 Å². The van der Waals surface area contributed by atoms with E-state index in [4.69, 9.17) is 4.74 Å². The van der Waals surface area contributed by atoms with E-state index in [0.29, 0.717) is 12.0 Å². The van der Waals surface area contributed by atoms with Crippen LogP contribution in [-0.4, -0.2) is 37.7 Å². The highest BCUT2D eigenvalue weighted by Gasteiger charge is 2.40. The predicted octanol–water partition coefficient (Wildman–Crippen LogP) is 2.93. The molecule has 1 amide bonds. The van der Waals surface area contributed by atoms with Crippen LogP contribution < -0.4 is 10.6 Å². The molecule has 23 heavy (non-hydrogen) atoms. The zero-order chi connectivity index (χ0) is 14.9. The summed E-state index contributed by atoms with van der Waals surface area (Å²) in [5.74, 6) is 1.65. The molecule has 128 valence electrons. The van der Waals surface area contributed by atoms with Crippen LogP contribution in [0.15, 0.2) is 11.4 Å². The van der Waals surface area contributed by atoms with E-state index in [1.54, 1.807) is 11.3 Å². The normalized spacial score (nSPS) is 27.3. The Morgan fingerprint density at radius 3 is 2.78 bits per heavy atom. The van der Waals surface area contributed by atoms with Gasteiger partial charge in [0.05, 0.1) is 5.56 Å². The lowest BCUT2D eigenvalue weighted by molar-refractivity contribution is 0.0696. The summed E-state index contributed by atoms with van der Waals surface area (Å²) in [5, 5.41) is 8.82. The van der Waals surface area contributed by atoms with Crippen LogP contribution in [0.4, 0.5) is 0 Å². The van der Waals surface area contributed by atoms with Crippen molar-refractivity contribution in [1.29, 1.82) is 0 Å². The first kappa shape index (κ1) is 17.2. The van der Waals surface area contributed by atoms with E-state index in [0.717, 1.165) is 37.5 Å². The van der Waals surface area contributed by atoms with E-state index in [2.05, 4.69) is 16.7 Å². The molecule has 3 fully saturated rings. The third-order valence-electron chi connectivity index (χ3n) is 4.96. The Balaban J connectivity index is 0.00000156. The van der Waals surface area contributed by atoms with Crippen molar-refractivity contribution < 1.29 is 9.53 Å². The van der Waals surface area contributed by atoms with Gasteiger partial charge >= 0.3 is 0 Å². The third kappa shape index (κ3) is 4.47. The molecule has 1 aromatic heterocycles. The molecule has 6 heteroatoms. The second-order valence-electron chi connectivity index (χ2n) is 6.90. The molecule has 4 rings (SSSR count). The number of hydrogen-bond donors (Lipinski definition) is 2. The number of carbonyl (C=O) groups excluding carboxylic acids is 1. The topological polar surface area (TPSA) is 50.4 Å². The van der Waals surface area contributed by atoms with Crippen LogP contribution in [0.5, 0.6) is 0 Å². The molecule has 0 bridgehead atoms. The molecule has 4 nitrogen and oxygen atoms in total. The second-order valence-corrected chi connectivity index (χ2v) is 7.84. The Labute approximate surface area is 147 Å². The van der Waals surface area contributed by atoms with Gasteiger partial charge < -0.3 is 15.4 Å². The number of hydrogen-bond acceptors (Lipinski definition) is 4. The summed E-state index contributed by atoms with van der Waals surface area (Å²) in [5.41, 5.74) is 0.833. The van der Waals surface area contributed by atoms with E-state index < -0.39 is 0 Å². The van der Waals surface area contributed by atoms with E-state index in [-0.39, 0.29) is 24.4 Å². The van der Waals surface area contributed by atoms with Crippen LogP contribution in [-0.2, 0) is 4.74 Å². The van der Waals surface area contributed by atoms with Gasteiger partial charge in [-0.3, -0.25) is 4.79 Å². The zero-order valence-electron chi connectivity index (χ0n) is 13.3. The van der Waals surface area contributed by atoms with Gasteiger partial charge in [-0.1, -0.05) is 0 Å². The number of nitrogens with one attached hydrogen (secondary N) is 2.